The van der Waals surface area contributed by atoms with Gasteiger partial charge >= 0.3 is 12.1 Å². The molecule has 0 bridgehead atoms. The highest BCUT2D eigenvalue weighted by Crippen LogP contribution is 2.35. The van der Waals surface area contributed by atoms with Crippen LogP contribution in [0.15, 0.2) is 12.1 Å². The lowest BCUT2D eigenvalue weighted by atomic mass is 9.92. The number of ether oxygens (including phenoxy) is 2. The van der Waals surface area contributed by atoms with Gasteiger partial charge in [0.15, 0.2) is 0 Å². The maximum absolute atomic E-state index is 12.5. The first-order chi connectivity index (χ1) is 16.3. The summed E-state index contributed by atoms with van der Waals surface area (Å²) in [6.07, 6.45) is 4.08. The van der Waals surface area contributed by atoms with Crippen LogP contribution in [0.3, 0.4) is 0 Å². The Balaban J connectivity index is 1.41. The second-order valence-corrected chi connectivity index (χ2v) is 13.6. The van der Waals surface area contributed by atoms with E-state index in [1.54, 1.807) is 11.3 Å². The number of amides is 2. The lowest BCUT2D eigenvalue weighted by Gasteiger charge is -2.33. The van der Waals surface area contributed by atoms with Crippen LogP contribution in [0.4, 0.5) is 4.79 Å². The highest BCUT2D eigenvalue weighted by molar-refractivity contribution is 7.39. The van der Waals surface area contributed by atoms with Crippen molar-refractivity contribution in [3.8, 4) is 0 Å². The highest BCUT2D eigenvalue weighted by Gasteiger charge is 2.27. The molecule has 0 aliphatic carbocycles. The molecule has 194 valence electrons. The third-order valence-corrected chi connectivity index (χ3v) is 8.04. The summed E-state index contributed by atoms with van der Waals surface area (Å²) in [7, 11) is 0. The summed E-state index contributed by atoms with van der Waals surface area (Å²) in [4.78, 5) is 40.3. The molecule has 1 aliphatic heterocycles. The van der Waals surface area contributed by atoms with Crippen LogP contribution in [-0.2, 0) is 20.7 Å². The molecule has 9 heteroatoms. The fraction of sp³-hybridized carbons (Fsp3) is 0.654. The first-order valence-corrected chi connectivity index (χ1v) is 13.9. The summed E-state index contributed by atoms with van der Waals surface area (Å²) in [5, 5.41) is 3.92. The zero-order chi connectivity index (χ0) is 25.8. The van der Waals surface area contributed by atoms with Crippen LogP contribution in [0.5, 0.6) is 0 Å². The third kappa shape index (κ3) is 8.79. The second-order valence-electron chi connectivity index (χ2n) is 11.1. The smallest absolute Gasteiger partial charge is 0.410 e. The van der Waals surface area contributed by atoms with Gasteiger partial charge in [-0.15, -0.1) is 22.7 Å². The number of hydrogen-bond acceptors (Lipinski definition) is 7. The Hall–Kier alpha value is -2.13. The molecule has 3 heterocycles. The number of rotatable bonds is 7. The van der Waals surface area contributed by atoms with Crippen LogP contribution in [0.2, 0.25) is 0 Å². The molecule has 1 fully saturated rings. The molecule has 3 rings (SSSR count). The van der Waals surface area contributed by atoms with Crippen molar-refractivity contribution in [3.63, 3.8) is 0 Å². The fourth-order valence-corrected chi connectivity index (χ4v) is 6.38. The van der Waals surface area contributed by atoms with Gasteiger partial charge in [-0.25, -0.2) is 4.79 Å². The van der Waals surface area contributed by atoms with E-state index in [4.69, 9.17) is 9.47 Å². The van der Waals surface area contributed by atoms with Gasteiger partial charge in [-0.2, -0.15) is 0 Å². The van der Waals surface area contributed by atoms with Crippen LogP contribution in [0, 0.1) is 5.92 Å². The molecule has 0 saturated carbocycles. The zero-order valence-electron chi connectivity index (χ0n) is 21.7. The molecule has 2 amide bonds. The Labute approximate surface area is 216 Å². The fourth-order valence-electron chi connectivity index (χ4n) is 3.96. The number of fused-ring (bicyclic) bond motifs is 1. The lowest BCUT2D eigenvalue weighted by Crippen LogP contribution is -2.41. The van der Waals surface area contributed by atoms with Gasteiger partial charge in [0.2, 0.25) is 0 Å². The van der Waals surface area contributed by atoms with Crippen molar-refractivity contribution in [1.82, 2.24) is 10.2 Å². The number of nitrogens with zero attached hydrogens (tertiary/aromatic N) is 1. The molecule has 0 radical (unpaired) electrons. The number of carbonyl (C=O) groups is 3. The summed E-state index contributed by atoms with van der Waals surface area (Å²) in [6, 6.07) is 4.12. The van der Waals surface area contributed by atoms with Crippen molar-refractivity contribution in [3.05, 3.63) is 21.9 Å². The highest BCUT2D eigenvalue weighted by atomic mass is 32.2. The van der Waals surface area contributed by atoms with E-state index in [0.29, 0.717) is 10.8 Å². The number of carbonyl (C=O) groups excluding carboxylic acids is 3. The summed E-state index contributed by atoms with van der Waals surface area (Å²) in [5.74, 6) is 0.144. The van der Waals surface area contributed by atoms with E-state index >= 15 is 0 Å². The van der Waals surface area contributed by atoms with E-state index < -0.39 is 11.2 Å². The predicted octanol–water partition coefficient (Wildman–Crippen LogP) is 6.00. The molecule has 0 spiro atoms. The molecule has 1 aliphatic rings. The first kappa shape index (κ1) is 27.5. The van der Waals surface area contributed by atoms with Gasteiger partial charge in [-0.05, 0) is 85.3 Å². The SMILES string of the molecule is CC(C)(C)OC(=O)CCNC(=O)c1cc2cc(CCC3CCN(C(=O)OC(C)(C)C)CC3)sc2s1. The lowest BCUT2D eigenvalue weighted by molar-refractivity contribution is -0.154. The average molecular weight is 523 g/mol. The Morgan fingerprint density at radius 1 is 1.00 bits per heavy atom. The molecule has 1 saturated heterocycles. The molecule has 1 N–H and O–H groups in total. The van der Waals surface area contributed by atoms with Gasteiger partial charge in [-0.1, -0.05) is 0 Å². The van der Waals surface area contributed by atoms with Crippen molar-refractivity contribution < 1.29 is 23.9 Å². The van der Waals surface area contributed by atoms with E-state index in [-0.39, 0.29) is 30.9 Å². The first-order valence-electron chi connectivity index (χ1n) is 12.3. The summed E-state index contributed by atoms with van der Waals surface area (Å²) >= 11 is 3.25. The maximum atomic E-state index is 12.5. The van der Waals surface area contributed by atoms with Crippen molar-refractivity contribution >= 4 is 50.0 Å². The molecular weight excluding hydrogens is 484 g/mol. The topological polar surface area (TPSA) is 84.9 Å². The van der Waals surface area contributed by atoms with Crippen LogP contribution in [-0.4, -0.2) is 53.7 Å². The van der Waals surface area contributed by atoms with Crippen LogP contribution >= 0.6 is 22.7 Å². The maximum Gasteiger partial charge on any atom is 0.410 e. The minimum Gasteiger partial charge on any atom is -0.460 e. The molecule has 7 nitrogen and oxygen atoms in total. The Morgan fingerprint density at radius 3 is 2.26 bits per heavy atom. The average Bonchev–Trinajstić information content (AvgIpc) is 3.29. The van der Waals surface area contributed by atoms with Crippen molar-refractivity contribution in [2.24, 2.45) is 5.92 Å². The van der Waals surface area contributed by atoms with Crippen molar-refractivity contribution in [2.45, 2.75) is 84.8 Å². The molecular formula is C26H38N2O5S2. The summed E-state index contributed by atoms with van der Waals surface area (Å²) < 4.78 is 11.9. The quantitative estimate of drug-likeness (QED) is 0.451. The molecule has 0 aromatic carbocycles. The minimum atomic E-state index is -0.520. The van der Waals surface area contributed by atoms with Gasteiger partial charge in [0.1, 0.15) is 11.2 Å². The van der Waals surface area contributed by atoms with Crippen LogP contribution in [0.25, 0.3) is 9.40 Å². The van der Waals surface area contributed by atoms with Crippen LogP contribution < -0.4 is 5.32 Å². The monoisotopic (exact) mass is 522 g/mol. The van der Waals surface area contributed by atoms with Gasteiger partial charge in [0.05, 0.1) is 15.3 Å². The van der Waals surface area contributed by atoms with Gasteiger partial charge in [-0.3, -0.25) is 9.59 Å². The number of nitrogens with one attached hydrogen (secondary N) is 1. The van der Waals surface area contributed by atoms with E-state index in [0.717, 1.165) is 48.2 Å². The number of likely N-dealkylation sites (tertiary alicyclic amines) is 1. The van der Waals surface area contributed by atoms with E-state index in [1.807, 2.05) is 52.5 Å². The van der Waals surface area contributed by atoms with Gasteiger partial charge in [0, 0.05) is 29.9 Å². The second kappa shape index (κ2) is 11.3. The molecule has 2 aromatic heterocycles. The normalized spacial score (nSPS) is 15.3. The van der Waals surface area contributed by atoms with E-state index in [1.165, 1.54) is 16.2 Å². The van der Waals surface area contributed by atoms with Crippen molar-refractivity contribution in [2.75, 3.05) is 19.6 Å². The number of thiophene rings is 2. The number of aryl methyl sites for hydroxylation is 1. The van der Waals surface area contributed by atoms with E-state index in [2.05, 4.69) is 11.4 Å². The Kier molecular flexibility index (Phi) is 8.86. The summed E-state index contributed by atoms with van der Waals surface area (Å²) in [6.45, 7) is 12.9. The number of piperidine rings is 1. The Morgan fingerprint density at radius 2 is 1.66 bits per heavy atom. The molecule has 35 heavy (non-hydrogen) atoms. The van der Waals surface area contributed by atoms with Crippen molar-refractivity contribution in [1.29, 1.82) is 0 Å². The molecule has 0 atom stereocenters. The summed E-state index contributed by atoms with van der Waals surface area (Å²) in [5.41, 5.74) is -0.977. The predicted molar refractivity (Wildman–Crippen MR) is 141 cm³/mol. The minimum absolute atomic E-state index is 0.153. The van der Waals surface area contributed by atoms with Gasteiger partial charge in [0.25, 0.3) is 5.91 Å². The largest absolute Gasteiger partial charge is 0.460 e. The number of esters is 1. The number of hydrogen-bond donors (Lipinski definition) is 1. The van der Waals surface area contributed by atoms with E-state index in [9.17, 15) is 14.4 Å². The third-order valence-electron chi connectivity index (χ3n) is 5.59. The molecule has 2 aromatic rings. The van der Waals surface area contributed by atoms with Crippen LogP contribution in [0.1, 0.15) is 81.8 Å². The zero-order valence-corrected chi connectivity index (χ0v) is 23.3. The molecule has 0 unspecified atom stereocenters. The standard InChI is InChI=1S/C26H38N2O5S2/c1-25(2,3)32-21(29)9-12-27-22(30)20-16-18-15-19(34-23(18)35-20)8-7-17-10-13-28(14-11-17)24(31)33-26(4,5)6/h15-17H,7-14H2,1-6H3,(H,27,30). The Bertz CT molecular complexity index is 1000. The van der Waals surface area contributed by atoms with Gasteiger partial charge < -0.3 is 19.7 Å².